The molecular weight excluding hydrogens is 348 g/mol. The number of anilines is 1. The van der Waals surface area contributed by atoms with Gasteiger partial charge in [-0.1, -0.05) is 66.2 Å². The van der Waals surface area contributed by atoms with Crippen LogP contribution in [-0.4, -0.2) is 19.2 Å². The van der Waals surface area contributed by atoms with Gasteiger partial charge in [0.2, 0.25) is 0 Å². The van der Waals surface area contributed by atoms with Crippen molar-refractivity contribution in [3.63, 3.8) is 0 Å². The zero-order chi connectivity index (χ0) is 19.6. The number of benzene rings is 3. The van der Waals surface area contributed by atoms with Crippen LogP contribution in [0.5, 0.6) is 5.75 Å². The second kappa shape index (κ2) is 10.2. The highest BCUT2D eigenvalue weighted by Gasteiger charge is 2.15. The monoisotopic (exact) mass is 374 g/mol. The van der Waals surface area contributed by atoms with Crippen molar-refractivity contribution in [1.82, 2.24) is 5.32 Å². The summed E-state index contributed by atoms with van der Waals surface area (Å²) in [6.07, 6.45) is 0.744. The molecule has 0 aromatic heterocycles. The molecule has 0 unspecified atom stereocenters. The van der Waals surface area contributed by atoms with Crippen molar-refractivity contribution in [2.24, 2.45) is 0 Å². The Bertz CT molecular complexity index is 849. The van der Waals surface area contributed by atoms with E-state index < -0.39 is 0 Å². The van der Waals surface area contributed by atoms with Crippen molar-refractivity contribution in [2.75, 3.05) is 18.1 Å². The first kappa shape index (κ1) is 19.5. The van der Waals surface area contributed by atoms with Crippen molar-refractivity contribution >= 4 is 11.7 Å². The van der Waals surface area contributed by atoms with Gasteiger partial charge >= 0.3 is 6.03 Å². The minimum absolute atomic E-state index is 0.106. The van der Waals surface area contributed by atoms with Crippen LogP contribution in [0, 0.1) is 6.92 Å². The highest BCUT2D eigenvalue weighted by molar-refractivity contribution is 5.91. The summed E-state index contributed by atoms with van der Waals surface area (Å²) in [6, 6.07) is 27.6. The summed E-state index contributed by atoms with van der Waals surface area (Å²) >= 11 is 0. The molecule has 2 amide bonds. The van der Waals surface area contributed by atoms with Crippen molar-refractivity contribution in [1.29, 1.82) is 0 Å². The number of hydrogen-bond donors (Lipinski definition) is 1. The molecule has 3 aromatic carbocycles. The smallest absolute Gasteiger partial charge is 0.322 e. The minimum Gasteiger partial charge on any atom is -0.494 e. The second-order valence-electron chi connectivity index (χ2n) is 6.65. The molecule has 0 radical (unpaired) electrons. The molecule has 144 valence electrons. The Morgan fingerprint density at radius 3 is 2.21 bits per heavy atom. The number of nitrogens with one attached hydrogen (secondary N) is 1. The number of amides is 2. The second-order valence-corrected chi connectivity index (χ2v) is 6.65. The van der Waals surface area contributed by atoms with Gasteiger partial charge in [0.05, 0.1) is 13.2 Å². The van der Waals surface area contributed by atoms with Crippen LogP contribution >= 0.6 is 0 Å². The quantitative estimate of drug-likeness (QED) is 0.552. The van der Waals surface area contributed by atoms with E-state index in [1.165, 1.54) is 5.56 Å². The molecule has 0 fully saturated rings. The highest BCUT2D eigenvalue weighted by Crippen LogP contribution is 2.17. The van der Waals surface area contributed by atoms with Crippen LogP contribution in [0.15, 0.2) is 84.9 Å². The SMILES string of the molecule is Cc1ccc(OCCCNC(=O)N(Cc2ccccc2)c2ccccc2)cc1. The maximum Gasteiger partial charge on any atom is 0.322 e. The largest absolute Gasteiger partial charge is 0.494 e. The maximum absolute atomic E-state index is 12.8. The lowest BCUT2D eigenvalue weighted by atomic mass is 10.2. The Balaban J connectivity index is 1.52. The van der Waals surface area contributed by atoms with Crippen molar-refractivity contribution in [3.05, 3.63) is 96.1 Å². The maximum atomic E-state index is 12.8. The Morgan fingerprint density at radius 1 is 0.893 bits per heavy atom. The molecule has 28 heavy (non-hydrogen) atoms. The zero-order valence-corrected chi connectivity index (χ0v) is 16.2. The van der Waals surface area contributed by atoms with Gasteiger partial charge < -0.3 is 10.1 Å². The average Bonchev–Trinajstić information content (AvgIpc) is 2.74. The first-order valence-corrected chi connectivity index (χ1v) is 9.56. The van der Waals surface area contributed by atoms with E-state index in [-0.39, 0.29) is 6.03 Å². The predicted octanol–water partition coefficient (Wildman–Crippen LogP) is 5.18. The van der Waals surface area contributed by atoms with Crippen molar-refractivity contribution in [2.45, 2.75) is 19.9 Å². The Hall–Kier alpha value is -3.27. The fraction of sp³-hybridized carbons (Fsp3) is 0.208. The summed E-state index contributed by atoms with van der Waals surface area (Å²) in [5, 5.41) is 3.00. The number of rotatable bonds is 8. The molecule has 0 bridgehead atoms. The third-order valence-corrected chi connectivity index (χ3v) is 4.38. The number of nitrogens with zero attached hydrogens (tertiary/aromatic N) is 1. The lowest BCUT2D eigenvalue weighted by Crippen LogP contribution is -2.40. The van der Waals surface area contributed by atoms with Gasteiger partial charge in [0.1, 0.15) is 5.75 Å². The van der Waals surface area contributed by atoms with E-state index in [1.807, 2.05) is 91.9 Å². The van der Waals surface area contributed by atoms with Gasteiger partial charge in [-0.3, -0.25) is 4.90 Å². The molecule has 0 aliphatic rings. The molecule has 0 saturated heterocycles. The summed E-state index contributed by atoms with van der Waals surface area (Å²) in [5.74, 6) is 0.854. The molecule has 4 heteroatoms. The van der Waals surface area contributed by atoms with E-state index in [0.717, 1.165) is 23.4 Å². The Labute approximate surface area is 166 Å². The lowest BCUT2D eigenvalue weighted by Gasteiger charge is -2.23. The van der Waals surface area contributed by atoms with Gasteiger partial charge in [0.15, 0.2) is 0 Å². The van der Waals surface area contributed by atoms with Gasteiger partial charge in [-0.25, -0.2) is 4.79 Å². The molecule has 0 heterocycles. The van der Waals surface area contributed by atoms with Crippen LogP contribution in [-0.2, 0) is 6.54 Å². The van der Waals surface area contributed by atoms with Crippen molar-refractivity contribution in [3.8, 4) is 5.75 Å². The number of urea groups is 1. The van der Waals surface area contributed by atoms with Crippen LogP contribution in [0.3, 0.4) is 0 Å². The van der Waals surface area contributed by atoms with Crippen LogP contribution < -0.4 is 15.0 Å². The van der Waals surface area contributed by atoms with Gasteiger partial charge in [0.25, 0.3) is 0 Å². The van der Waals surface area contributed by atoms with Gasteiger partial charge in [-0.05, 0) is 43.2 Å². The Morgan fingerprint density at radius 2 is 1.54 bits per heavy atom. The topological polar surface area (TPSA) is 41.6 Å². The number of carbonyl (C=O) groups is 1. The normalized spacial score (nSPS) is 10.3. The first-order valence-electron chi connectivity index (χ1n) is 9.56. The molecule has 0 aliphatic carbocycles. The standard InChI is InChI=1S/C24H26N2O2/c1-20-13-15-23(16-14-20)28-18-8-17-25-24(27)26(22-11-6-3-7-12-22)19-21-9-4-2-5-10-21/h2-7,9-16H,8,17-19H2,1H3,(H,25,27). The van der Waals surface area contributed by atoms with E-state index >= 15 is 0 Å². The molecular formula is C24H26N2O2. The van der Waals surface area contributed by atoms with Gasteiger partial charge in [-0.15, -0.1) is 0 Å². The average molecular weight is 374 g/mol. The summed E-state index contributed by atoms with van der Waals surface area (Å²) < 4.78 is 5.72. The summed E-state index contributed by atoms with van der Waals surface area (Å²) in [4.78, 5) is 14.6. The van der Waals surface area contributed by atoms with Crippen molar-refractivity contribution < 1.29 is 9.53 Å². The van der Waals surface area contributed by atoms with Gasteiger partial charge in [0, 0.05) is 12.2 Å². The third-order valence-electron chi connectivity index (χ3n) is 4.38. The molecule has 0 saturated carbocycles. The number of para-hydroxylation sites is 1. The minimum atomic E-state index is -0.106. The third kappa shape index (κ3) is 5.88. The van der Waals surface area contributed by atoms with E-state index in [9.17, 15) is 4.79 Å². The fourth-order valence-corrected chi connectivity index (χ4v) is 2.84. The zero-order valence-electron chi connectivity index (χ0n) is 16.2. The van der Waals surface area contributed by atoms with Crippen LogP contribution in [0.2, 0.25) is 0 Å². The molecule has 0 atom stereocenters. The predicted molar refractivity (Wildman–Crippen MR) is 114 cm³/mol. The molecule has 3 rings (SSSR count). The van der Waals surface area contributed by atoms with Crippen LogP contribution in [0.25, 0.3) is 0 Å². The number of hydrogen-bond acceptors (Lipinski definition) is 2. The van der Waals surface area contributed by atoms with E-state index in [2.05, 4.69) is 5.32 Å². The Kier molecular flexibility index (Phi) is 7.08. The lowest BCUT2D eigenvalue weighted by molar-refractivity contribution is 0.244. The highest BCUT2D eigenvalue weighted by atomic mass is 16.5. The first-order chi connectivity index (χ1) is 13.7. The van der Waals surface area contributed by atoms with E-state index in [4.69, 9.17) is 4.74 Å². The number of ether oxygens (including phenoxy) is 1. The summed E-state index contributed by atoms with van der Waals surface area (Å²) in [7, 11) is 0. The van der Waals surface area contributed by atoms with Crippen LogP contribution in [0.1, 0.15) is 17.5 Å². The number of carbonyl (C=O) groups excluding carboxylic acids is 1. The summed E-state index contributed by atoms with van der Waals surface area (Å²) in [6.45, 7) is 3.69. The number of aryl methyl sites for hydroxylation is 1. The summed E-state index contributed by atoms with van der Waals surface area (Å²) in [5.41, 5.74) is 3.17. The van der Waals surface area contributed by atoms with Crippen LogP contribution in [0.4, 0.5) is 10.5 Å². The molecule has 3 aromatic rings. The van der Waals surface area contributed by atoms with E-state index in [0.29, 0.717) is 19.7 Å². The van der Waals surface area contributed by atoms with Gasteiger partial charge in [-0.2, -0.15) is 0 Å². The molecule has 0 aliphatic heterocycles. The fourth-order valence-electron chi connectivity index (χ4n) is 2.84. The molecule has 4 nitrogen and oxygen atoms in total. The molecule has 0 spiro atoms. The van der Waals surface area contributed by atoms with E-state index in [1.54, 1.807) is 4.90 Å². The molecule has 1 N–H and O–H groups in total.